The summed E-state index contributed by atoms with van der Waals surface area (Å²) in [5.41, 5.74) is 1.74. The maximum Gasteiger partial charge on any atom is 0.0743 e. The van der Waals surface area contributed by atoms with Crippen LogP contribution in [0.25, 0.3) is 0 Å². The van der Waals surface area contributed by atoms with Gasteiger partial charge in [0.15, 0.2) is 0 Å². The zero-order valence-corrected chi connectivity index (χ0v) is 12.3. The average molecular weight is 253 g/mol. The Morgan fingerprint density at radius 3 is 2.72 bits per heavy atom. The Balaban J connectivity index is 2.53. The first kappa shape index (κ1) is 15.2. The molecule has 18 heavy (non-hydrogen) atoms. The first-order valence-electron chi connectivity index (χ1n) is 6.81. The molecule has 0 saturated carbocycles. The Morgan fingerprint density at radius 2 is 2.17 bits per heavy atom. The predicted octanol–water partition coefficient (Wildman–Crippen LogP) is 2.18. The van der Waals surface area contributed by atoms with Gasteiger partial charge in [-0.05, 0) is 19.3 Å². The van der Waals surface area contributed by atoms with E-state index in [4.69, 9.17) is 0 Å². The van der Waals surface area contributed by atoms with Gasteiger partial charge >= 0.3 is 0 Å². The minimum Gasteiger partial charge on any atom is -0.389 e. The highest BCUT2D eigenvalue weighted by Crippen LogP contribution is 2.17. The third-order valence-corrected chi connectivity index (χ3v) is 3.09. The SMILES string of the molecule is CCCC(C)(O)CNCc1cn(C)nc1C(C)C. The molecule has 4 heteroatoms. The lowest BCUT2D eigenvalue weighted by Crippen LogP contribution is -2.37. The van der Waals surface area contributed by atoms with E-state index >= 15 is 0 Å². The molecule has 0 aliphatic rings. The van der Waals surface area contributed by atoms with E-state index in [0.717, 1.165) is 25.1 Å². The average Bonchev–Trinajstić information content (AvgIpc) is 2.59. The lowest BCUT2D eigenvalue weighted by atomic mass is 10.0. The van der Waals surface area contributed by atoms with Crippen molar-refractivity contribution in [2.45, 2.75) is 58.6 Å². The lowest BCUT2D eigenvalue weighted by molar-refractivity contribution is 0.0498. The van der Waals surface area contributed by atoms with Crippen molar-refractivity contribution in [1.29, 1.82) is 0 Å². The quantitative estimate of drug-likeness (QED) is 0.783. The van der Waals surface area contributed by atoms with Gasteiger partial charge in [-0.1, -0.05) is 27.2 Å². The third kappa shape index (κ3) is 4.42. The number of nitrogens with one attached hydrogen (secondary N) is 1. The maximum atomic E-state index is 10.1. The molecule has 0 saturated heterocycles. The molecule has 1 atom stereocenters. The fourth-order valence-corrected chi connectivity index (χ4v) is 2.27. The molecule has 0 aliphatic carbocycles. The summed E-state index contributed by atoms with van der Waals surface area (Å²) in [4.78, 5) is 0. The molecule has 0 radical (unpaired) electrons. The smallest absolute Gasteiger partial charge is 0.0743 e. The summed E-state index contributed by atoms with van der Waals surface area (Å²) in [5.74, 6) is 0.430. The number of aliphatic hydroxyl groups is 1. The van der Waals surface area contributed by atoms with Crippen molar-refractivity contribution in [3.8, 4) is 0 Å². The molecule has 0 fully saturated rings. The van der Waals surface area contributed by atoms with Gasteiger partial charge in [-0.2, -0.15) is 5.10 Å². The van der Waals surface area contributed by atoms with Gasteiger partial charge in [-0.25, -0.2) is 0 Å². The van der Waals surface area contributed by atoms with Crippen molar-refractivity contribution >= 4 is 0 Å². The van der Waals surface area contributed by atoms with Gasteiger partial charge in [-0.15, -0.1) is 0 Å². The molecule has 1 unspecified atom stereocenters. The summed E-state index contributed by atoms with van der Waals surface area (Å²) in [7, 11) is 1.95. The molecule has 4 nitrogen and oxygen atoms in total. The summed E-state index contributed by atoms with van der Waals surface area (Å²) < 4.78 is 1.86. The van der Waals surface area contributed by atoms with E-state index in [0.29, 0.717) is 12.5 Å². The number of hydrogen-bond donors (Lipinski definition) is 2. The van der Waals surface area contributed by atoms with Crippen molar-refractivity contribution in [3.05, 3.63) is 17.5 Å². The number of nitrogens with zero attached hydrogens (tertiary/aromatic N) is 2. The predicted molar refractivity (Wildman–Crippen MR) is 74.5 cm³/mol. The van der Waals surface area contributed by atoms with Crippen LogP contribution < -0.4 is 5.32 Å². The fourth-order valence-electron chi connectivity index (χ4n) is 2.27. The van der Waals surface area contributed by atoms with E-state index < -0.39 is 5.60 Å². The Kier molecular flexibility index (Phi) is 5.35. The van der Waals surface area contributed by atoms with Crippen LogP contribution in [0.3, 0.4) is 0 Å². The molecular weight excluding hydrogens is 226 g/mol. The van der Waals surface area contributed by atoms with Crippen LogP contribution in [0.2, 0.25) is 0 Å². The Bertz CT molecular complexity index is 369. The molecule has 104 valence electrons. The van der Waals surface area contributed by atoms with Crippen molar-refractivity contribution < 1.29 is 5.11 Å². The second-order valence-corrected chi connectivity index (χ2v) is 5.72. The van der Waals surface area contributed by atoms with E-state index in [2.05, 4.69) is 37.4 Å². The standard InChI is InChI=1S/C14H27N3O/c1-6-7-14(4,18)10-15-8-12-9-17(5)16-13(12)11(2)3/h9,11,15,18H,6-8,10H2,1-5H3. The van der Waals surface area contributed by atoms with Crippen molar-refractivity contribution in [3.63, 3.8) is 0 Å². The van der Waals surface area contributed by atoms with Gasteiger partial charge in [0.25, 0.3) is 0 Å². The minimum atomic E-state index is -0.616. The molecule has 1 rings (SSSR count). The van der Waals surface area contributed by atoms with Gasteiger partial charge in [-0.3, -0.25) is 4.68 Å². The Labute approximate surface area is 110 Å². The van der Waals surface area contributed by atoms with E-state index in [9.17, 15) is 5.11 Å². The highest BCUT2D eigenvalue weighted by atomic mass is 16.3. The van der Waals surface area contributed by atoms with Crippen LogP contribution in [-0.4, -0.2) is 27.0 Å². The van der Waals surface area contributed by atoms with Crippen molar-refractivity contribution in [2.24, 2.45) is 7.05 Å². The van der Waals surface area contributed by atoms with Crippen LogP contribution in [0.4, 0.5) is 0 Å². The van der Waals surface area contributed by atoms with Gasteiger partial charge in [0.1, 0.15) is 0 Å². The number of rotatable bonds is 7. The summed E-state index contributed by atoms with van der Waals surface area (Å²) in [6, 6.07) is 0. The minimum absolute atomic E-state index is 0.430. The normalized spacial score (nSPS) is 15.1. The summed E-state index contributed by atoms with van der Waals surface area (Å²) in [5, 5.41) is 17.9. The third-order valence-electron chi connectivity index (χ3n) is 3.09. The van der Waals surface area contributed by atoms with E-state index in [1.54, 1.807) is 0 Å². The second kappa shape index (κ2) is 6.34. The monoisotopic (exact) mass is 253 g/mol. The van der Waals surface area contributed by atoms with Crippen LogP contribution in [0.15, 0.2) is 6.20 Å². The first-order chi connectivity index (χ1) is 8.35. The Morgan fingerprint density at radius 1 is 1.50 bits per heavy atom. The molecular formula is C14H27N3O. The largest absolute Gasteiger partial charge is 0.389 e. The number of aromatic nitrogens is 2. The highest BCUT2D eigenvalue weighted by Gasteiger charge is 2.19. The molecule has 1 aromatic rings. The van der Waals surface area contributed by atoms with Gasteiger partial charge < -0.3 is 10.4 Å². The van der Waals surface area contributed by atoms with Gasteiger partial charge in [0, 0.05) is 31.9 Å². The van der Waals surface area contributed by atoms with Crippen molar-refractivity contribution in [1.82, 2.24) is 15.1 Å². The maximum absolute atomic E-state index is 10.1. The first-order valence-corrected chi connectivity index (χ1v) is 6.81. The Hall–Kier alpha value is -0.870. The fraction of sp³-hybridized carbons (Fsp3) is 0.786. The zero-order chi connectivity index (χ0) is 13.8. The number of aryl methyl sites for hydroxylation is 1. The molecule has 0 bridgehead atoms. The molecule has 2 N–H and O–H groups in total. The van der Waals surface area contributed by atoms with Gasteiger partial charge in [0.2, 0.25) is 0 Å². The summed E-state index contributed by atoms with van der Waals surface area (Å²) >= 11 is 0. The molecule has 1 heterocycles. The topological polar surface area (TPSA) is 50.1 Å². The van der Waals surface area contributed by atoms with Crippen LogP contribution in [0.1, 0.15) is 57.7 Å². The van der Waals surface area contributed by atoms with Crippen LogP contribution in [-0.2, 0) is 13.6 Å². The summed E-state index contributed by atoms with van der Waals surface area (Å²) in [6.45, 7) is 9.66. The molecule has 0 aromatic carbocycles. The molecule has 0 spiro atoms. The molecule has 0 aliphatic heterocycles. The van der Waals surface area contributed by atoms with E-state index in [1.807, 2.05) is 18.7 Å². The van der Waals surface area contributed by atoms with Crippen molar-refractivity contribution in [2.75, 3.05) is 6.54 Å². The van der Waals surface area contributed by atoms with Crippen LogP contribution in [0, 0.1) is 0 Å². The zero-order valence-electron chi connectivity index (χ0n) is 12.3. The lowest BCUT2D eigenvalue weighted by Gasteiger charge is -2.23. The van der Waals surface area contributed by atoms with E-state index in [1.165, 1.54) is 5.56 Å². The highest BCUT2D eigenvalue weighted by molar-refractivity contribution is 5.19. The molecule has 0 amide bonds. The summed E-state index contributed by atoms with van der Waals surface area (Å²) in [6.07, 6.45) is 3.87. The van der Waals surface area contributed by atoms with E-state index in [-0.39, 0.29) is 0 Å². The molecule has 1 aromatic heterocycles. The second-order valence-electron chi connectivity index (χ2n) is 5.72. The van der Waals surface area contributed by atoms with Crippen LogP contribution in [0.5, 0.6) is 0 Å². The van der Waals surface area contributed by atoms with Gasteiger partial charge in [0.05, 0.1) is 11.3 Å². The number of hydrogen-bond acceptors (Lipinski definition) is 3. The van der Waals surface area contributed by atoms with Crippen LogP contribution >= 0.6 is 0 Å².